The van der Waals surface area contributed by atoms with Crippen molar-refractivity contribution in [1.29, 1.82) is 0 Å². The third kappa shape index (κ3) is 3.98. The highest BCUT2D eigenvalue weighted by Gasteiger charge is 2.33. The summed E-state index contributed by atoms with van der Waals surface area (Å²) in [5.74, 6) is 0.438. The lowest BCUT2D eigenvalue weighted by Crippen LogP contribution is -2.32. The summed E-state index contributed by atoms with van der Waals surface area (Å²) in [5.41, 5.74) is 0.564. The van der Waals surface area contributed by atoms with Gasteiger partial charge in [-0.3, -0.25) is 0 Å². The van der Waals surface area contributed by atoms with E-state index in [-0.39, 0.29) is 11.5 Å². The minimum atomic E-state index is -0.0823. The van der Waals surface area contributed by atoms with Crippen LogP contribution in [-0.4, -0.2) is 11.2 Å². The molecular formula is C14H26O. The molecule has 1 fully saturated rings. The molecule has 1 saturated carbocycles. The van der Waals surface area contributed by atoms with Gasteiger partial charge in [0.2, 0.25) is 0 Å². The summed E-state index contributed by atoms with van der Waals surface area (Å²) in [6, 6.07) is 0. The smallest absolute Gasteiger partial charge is 0.0566 e. The molecule has 1 heteroatoms. The summed E-state index contributed by atoms with van der Waals surface area (Å²) in [4.78, 5) is 0. The van der Waals surface area contributed by atoms with Crippen LogP contribution in [0.4, 0.5) is 0 Å². The van der Waals surface area contributed by atoms with Crippen molar-refractivity contribution in [3.8, 4) is 0 Å². The van der Waals surface area contributed by atoms with E-state index in [0.29, 0.717) is 11.3 Å². The van der Waals surface area contributed by atoms with Crippen molar-refractivity contribution in [3.63, 3.8) is 0 Å². The van der Waals surface area contributed by atoms with E-state index in [1.165, 1.54) is 0 Å². The molecule has 0 amide bonds. The quantitative estimate of drug-likeness (QED) is 0.653. The van der Waals surface area contributed by atoms with Gasteiger partial charge in [0, 0.05) is 0 Å². The van der Waals surface area contributed by atoms with Gasteiger partial charge in [-0.25, -0.2) is 0 Å². The lowest BCUT2D eigenvalue weighted by Gasteiger charge is -2.38. The van der Waals surface area contributed by atoms with E-state index >= 15 is 0 Å². The van der Waals surface area contributed by atoms with Crippen LogP contribution in [0, 0.1) is 16.7 Å². The average Bonchev–Trinajstić information content (AvgIpc) is 2.08. The fraction of sp³-hybridized carbons (Fsp3) is 0.857. The minimum Gasteiger partial charge on any atom is -0.393 e. The third-order valence-corrected chi connectivity index (χ3v) is 3.44. The molecule has 1 aliphatic rings. The Hall–Kier alpha value is -0.300. The van der Waals surface area contributed by atoms with Gasteiger partial charge in [-0.2, -0.15) is 0 Å². The number of aliphatic hydroxyl groups is 1. The van der Waals surface area contributed by atoms with E-state index in [2.05, 4.69) is 46.8 Å². The lowest BCUT2D eigenvalue weighted by atomic mass is 9.69. The van der Waals surface area contributed by atoms with Gasteiger partial charge in [-0.1, -0.05) is 46.8 Å². The van der Waals surface area contributed by atoms with Crippen molar-refractivity contribution in [2.75, 3.05) is 0 Å². The molecule has 0 aromatic carbocycles. The molecule has 0 spiro atoms. The fourth-order valence-corrected chi connectivity index (χ4v) is 2.34. The molecule has 3 atom stereocenters. The average molecular weight is 210 g/mol. The van der Waals surface area contributed by atoms with Crippen LogP contribution in [0.3, 0.4) is 0 Å². The van der Waals surface area contributed by atoms with Crippen LogP contribution in [0.1, 0.15) is 53.9 Å². The summed E-state index contributed by atoms with van der Waals surface area (Å²) in [7, 11) is 0. The highest BCUT2D eigenvalue weighted by atomic mass is 16.3. The first-order valence-electron chi connectivity index (χ1n) is 6.10. The van der Waals surface area contributed by atoms with Crippen molar-refractivity contribution in [1.82, 2.24) is 0 Å². The van der Waals surface area contributed by atoms with Crippen molar-refractivity contribution >= 4 is 0 Å². The first kappa shape index (κ1) is 12.8. The van der Waals surface area contributed by atoms with Crippen molar-refractivity contribution < 1.29 is 5.11 Å². The van der Waals surface area contributed by atoms with Gasteiger partial charge < -0.3 is 5.11 Å². The second-order valence-corrected chi connectivity index (χ2v) is 6.64. The Morgan fingerprint density at radius 3 is 2.40 bits per heavy atom. The highest BCUT2D eigenvalue weighted by Crippen LogP contribution is 2.40. The number of rotatable bonds is 1. The predicted molar refractivity (Wildman–Crippen MR) is 65.7 cm³/mol. The molecule has 0 unspecified atom stereocenters. The van der Waals surface area contributed by atoms with E-state index in [1.807, 2.05) is 0 Å². The second kappa shape index (κ2) is 4.29. The summed E-state index contributed by atoms with van der Waals surface area (Å²) < 4.78 is 0. The van der Waals surface area contributed by atoms with Crippen LogP contribution in [0.25, 0.3) is 0 Å². The molecule has 0 aromatic heterocycles. The van der Waals surface area contributed by atoms with Crippen molar-refractivity contribution in [3.05, 3.63) is 12.2 Å². The first-order chi connectivity index (χ1) is 6.72. The Bertz CT molecular complexity index is 236. The Kier molecular flexibility index (Phi) is 3.65. The number of aliphatic hydroxyl groups excluding tert-OH is 1. The zero-order chi connectivity index (χ0) is 11.7. The SMILES string of the molecule is C[C@H]1C[C@](C)(/C=C/C(C)(C)C)CC[C@@H]1O. The second-order valence-electron chi connectivity index (χ2n) is 6.64. The van der Waals surface area contributed by atoms with Gasteiger partial charge in [0.25, 0.3) is 0 Å². The third-order valence-electron chi connectivity index (χ3n) is 3.44. The van der Waals surface area contributed by atoms with Crippen LogP contribution >= 0.6 is 0 Å². The molecule has 0 aromatic rings. The summed E-state index contributed by atoms with van der Waals surface area (Å²) >= 11 is 0. The van der Waals surface area contributed by atoms with Gasteiger partial charge in [-0.15, -0.1) is 0 Å². The zero-order valence-electron chi connectivity index (χ0n) is 10.9. The van der Waals surface area contributed by atoms with Crippen LogP contribution in [0.2, 0.25) is 0 Å². The predicted octanol–water partition coefficient (Wildman–Crippen LogP) is 3.78. The Morgan fingerprint density at radius 2 is 1.93 bits per heavy atom. The summed E-state index contributed by atoms with van der Waals surface area (Å²) in [6.45, 7) is 11.2. The molecule has 1 N–H and O–H groups in total. The number of hydrogen-bond donors (Lipinski definition) is 1. The molecule has 0 aliphatic heterocycles. The monoisotopic (exact) mass is 210 g/mol. The number of allylic oxidation sites excluding steroid dienone is 2. The van der Waals surface area contributed by atoms with Gasteiger partial charge >= 0.3 is 0 Å². The Morgan fingerprint density at radius 1 is 1.33 bits per heavy atom. The van der Waals surface area contributed by atoms with E-state index in [0.717, 1.165) is 19.3 Å². The molecule has 0 radical (unpaired) electrons. The molecule has 15 heavy (non-hydrogen) atoms. The normalized spacial score (nSPS) is 38.5. The van der Waals surface area contributed by atoms with E-state index in [9.17, 15) is 5.11 Å². The maximum Gasteiger partial charge on any atom is 0.0566 e. The highest BCUT2D eigenvalue weighted by molar-refractivity contribution is 5.04. The molecule has 1 nitrogen and oxygen atoms in total. The minimum absolute atomic E-state index is 0.0823. The molecule has 1 rings (SSSR count). The van der Waals surface area contributed by atoms with E-state index < -0.39 is 0 Å². The van der Waals surface area contributed by atoms with Crippen molar-refractivity contribution in [2.45, 2.75) is 60.0 Å². The van der Waals surface area contributed by atoms with Gasteiger partial charge in [0.1, 0.15) is 0 Å². The van der Waals surface area contributed by atoms with E-state index in [1.54, 1.807) is 0 Å². The lowest BCUT2D eigenvalue weighted by molar-refractivity contribution is 0.0401. The van der Waals surface area contributed by atoms with Crippen LogP contribution in [0.5, 0.6) is 0 Å². The van der Waals surface area contributed by atoms with Crippen LogP contribution in [0.15, 0.2) is 12.2 Å². The zero-order valence-corrected chi connectivity index (χ0v) is 10.9. The van der Waals surface area contributed by atoms with Gasteiger partial charge in [0.05, 0.1) is 6.10 Å². The molecule has 0 saturated heterocycles. The summed E-state index contributed by atoms with van der Waals surface area (Å²) in [5, 5.41) is 9.71. The van der Waals surface area contributed by atoms with Crippen LogP contribution in [-0.2, 0) is 0 Å². The Balaban J connectivity index is 2.65. The number of hydrogen-bond acceptors (Lipinski definition) is 1. The first-order valence-corrected chi connectivity index (χ1v) is 6.10. The van der Waals surface area contributed by atoms with Gasteiger partial charge in [-0.05, 0) is 36.0 Å². The topological polar surface area (TPSA) is 20.2 Å². The Labute approximate surface area is 94.6 Å². The van der Waals surface area contributed by atoms with Crippen LogP contribution < -0.4 is 0 Å². The van der Waals surface area contributed by atoms with Gasteiger partial charge in [0.15, 0.2) is 0 Å². The maximum atomic E-state index is 9.71. The van der Waals surface area contributed by atoms with E-state index in [4.69, 9.17) is 0 Å². The molecule has 88 valence electrons. The fourth-order valence-electron chi connectivity index (χ4n) is 2.34. The largest absolute Gasteiger partial charge is 0.393 e. The van der Waals surface area contributed by atoms with Crippen molar-refractivity contribution in [2.24, 2.45) is 16.7 Å². The molecular weight excluding hydrogens is 184 g/mol. The maximum absolute atomic E-state index is 9.71. The molecule has 1 aliphatic carbocycles. The molecule has 0 heterocycles. The summed E-state index contributed by atoms with van der Waals surface area (Å²) in [6.07, 6.45) is 7.78. The molecule has 0 bridgehead atoms. The standard InChI is InChI=1S/C14H26O/c1-11-10-14(5,7-6-12(11)15)9-8-13(2,3)4/h8-9,11-12,15H,6-7,10H2,1-5H3/b9-8+/t11-,12-,14-/m0/s1.